The molecule has 1 N–H and O–H groups in total. The molecule has 0 saturated carbocycles. The van der Waals surface area contributed by atoms with Crippen molar-refractivity contribution in [2.45, 2.75) is 51.6 Å². The van der Waals surface area contributed by atoms with Crippen molar-refractivity contribution in [2.75, 3.05) is 6.61 Å². The minimum Gasteiger partial charge on any atom is -0.475 e. The van der Waals surface area contributed by atoms with Gasteiger partial charge in [0.2, 0.25) is 5.76 Å². The molecular formula is C13H19NO4. The predicted molar refractivity (Wildman–Crippen MR) is 64.8 cm³/mol. The number of aromatic nitrogens is 1. The Labute approximate surface area is 106 Å². The molecule has 0 amide bonds. The van der Waals surface area contributed by atoms with Crippen LogP contribution >= 0.6 is 0 Å². The molecule has 0 radical (unpaired) electrons. The molecule has 1 fully saturated rings. The zero-order valence-corrected chi connectivity index (χ0v) is 11.0. The Morgan fingerprint density at radius 2 is 2.22 bits per heavy atom. The van der Waals surface area contributed by atoms with Crippen LogP contribution in [0.5, 0.6) is 0 Å². The number of carboxylic acid groups (broad SMARTS) is 1. The number of oxazole rings is 1. The van der Waals surface area contributed by atoms with Gasteiger partial charge < -0.3 is 14.3 Å². The molecule has 1 atom stereocenters. The molecule has 0 spiro atoms. The fourth-order valence-electron chi connectivity index (χ4n) is 2.11. The van der Waals surface area contributed by atoms with Crippen molar-refractivity contribution in [1.82, 2.24) is 4.98 Å². The first-order valence-electron chi connectivity index (χ1n) is 6.23. The van der Waals surface area contributed by atoms with Gasteiger partial charge in [0.05, 0.1) is 18.2 Å². The van der Waals surface area contributed by atoms with Gasteiger partial charge in [-0.25, -0.2) is 9.78 Å². The average Bonchev–Trinajstić information content (AvgIpc) is 2.85. The molecule has 1 unspecified atom stereocenters. The van der Waals surface area contributed by atoms with Crippen molar-refractivity contribution in [3.63, 3.8) is 0 Å². The number of hydrogen-bond acceptors (Lipinski definition) is 4. The summed E-state index contributed by atoms with van der Waals surface area (Å²) < 4.78 is 10.9. The van der Waals surface area contributed by atoms with Gasteiger partial charge >= 0.3 is 5.97 Å². The fraction of sp³-hybridized carbons (Fsp3) is 0.692. The fourth-order valence-corrected chi connectivity index (χ4v) is 2.11. The lowest BCUT2D eigenvalue weighted by molar-refractivity contribution is 0.0651. The largest absolute Gasteiger partial charge is 0.475 e. The highest BCUT2D eigenvalue weighted by Crippen LogP contribution is 2.27. The topological polar surface area (TPSA) is 72.6 Å². The Balaban J connectivity index is 2.24. The lowest BCUT2D eigenvalue weighted by atomic mass is 9.91. The number of carbonyl (C=O) groups is 1. The van der Waals surface area contributed by atoms with E-state index in [1.165, 1.54) is 0 Å². The maximum absolute atomic E-state index is 11.2. The summed E-state index contributed by atoms with van der Waals surface area (Å²) in [6.07, 6.45) is 2.69. The van der Waals surface area contributed by atoms with Gasteiger partial charge in [0, 0.05) is 12.0 Å². The highest BCUT2D eigenvalue weighted by molar-refractivity contribution is 5.86. The first kappa shape index (κ1) is 13.1. The van der Waals surface area contributed by atoms with E-state index >= 15 is 0 Å². The summed E-state index contributed by atoms with van der Waals surface area (Å²) in [6.45, 7) is 6.54. The van der Waals surface area contributed by atoms with E-state index in [0.29, 0.717) is 18.0 Å². The standard InChI is InChI=1S/C13H19NO4/c1-13(2,3)11-10(12(15)16)18-9(14-11)7-8-5-4-6-17-8/h8H,4-7H2,1-3H3,(H,15,16). The summed E-state index contributed by atoms with van der Waals surface area (Å²) in [5.41, 5.74) is 0.162. The van der Waals surface area contributed by atoms with Gasteiger partial charge in [-0.1, -0.05) is 20.8 Å². The van der Waals surface area contributed by atoms with E-state index in [-0.39, 0.29) is 17.3 Å². The maximum Gasteiger partial charge on any atom is 0.373 e. The molecule has 100 valence electrons. The molecule has 0 aliphatic carbocycles. The number of nitrogens with zero attached hydrogens (tertiary/aromatic N) is 1. The molecule has 5 nitrogen and oxygen atoms in total. The summed E-state index contributed by atoms with van der Waals surface area (Å²) >= 11 is 0. The van der Waals surface area contributed by atoms with Crippen LogP contribution < -0.4 is 0 Å². The quantitative estimate of drug-likeness (QED) is 0.895. The predicted octanol–water partition coefficient (Wildman–Crippen LogP) is 2.39. The van der Waals surface area contributed by atoms with Crippen LogP contribution in [0.1, 0.15) is 55.8 Å². The molecule has 1 aliphatic heterocycles. The molecule has 2 rings (SSSR count). The van der Waals surface area contributed by atoms with Crippen LogP contribution in [0.15, 0.2) is 4.42 Å². The number of ether oxygens (including phenoxy) is 1. The van der Waals surface area contributed by atoms with Crippen LogP contribution in [-0.4, -0.2) is 28.8 Å². The van der Waals surface area contributed by atoms with Gasteiger partial charge in [0.25, 0.3) is 0 Å². The number of carboxylic acids is 1. The summed E-state index contributed by atoms with van der Waals surface area (Å²) in [5, 5.41) is 9.14. The van der Waals surface area contributed by atoms with Crippen molar-refractivity contribution < 1.29 is 19.1 Å². The zero-order valence-electron chi connectivity index (χ0n) is 11.0. The first-order chi connectivity index (χ1) is 8.38. The third kappa shape index (κ3) is 2.72. The molecule has 1 aromatic heterocycles. The maximum atomic E-state index is 11.2. The summed E-state index contributed by atoms with van der Waals surface area (Å²) in [4.78, 5) is 15.5. The Morgan fingerprint density at radius 3 is 2.67 bits per heavy atom. The highest BCUT2D eigenvalue weighted by atomic mass is 16.5. The van der Waals surface area contributed by atoms with Crippen molar-refractivity contribution in [2.24, 2.45) is 0 Å². The minimum atomic E-state index is -1.06. The summed E-state index contributed by atoms with van der Waals surface area (Å²) in [7, 11) is 0. The lowest BCUT2D eigenvalue weighted by Gasteiger charge is -2.14. The van der Waals surface area contributed by atoms with Gasteiger partial charge in [0.1, 0.15) is 0 Å². The van der Waals surface area contributed by atoms with Crippen molar-refractivity contribution in [3.8, 4) is 0 Å². The number of hydrogen-bond donors (Lipinski definition) is 1. The van der Waals surface area contributed by atoms with E-state index in [1.54, 1.807) is 0 Å². The van der Waals surface area contributed by atoms with E-state index in [1.807, 2.05) is 20.8 Å². The van der Waals surface area contributed by atoms with E-state index in [4.69, 9.17) is 14.3 Å². The van der Waals surface area contributed by atoms with Crippen LogP contribution in [-0.2, 0) is 16.6 Å². The van der Waals surface area contributed by atoms with Crippen LogP contribution in [0.4, 0.5) is 0 Å². The number of rotatable bonds is 3. The molecule has 0 aromatic carbocycles. The Bertz CT molecular complexity index is 438. The second-order valence-corrected chi connectivity index (χ2v) is 5.68. The van der Waals surface area contributed by atoms with E-state index in [0.717, 1.165) is 19.4 Å². The SMILES string of the molecule is CC(C)(C)c1nc(CC2CCCO2)oc1C(=O)O. The lowest BCUT2D eigenvalue weighted by Crippen LogP contribution is -2.16. The second kappa shape index (κ2) is 4.72. The first-order valence-corrected chi connectivity index (χ1v) is 6.23. The smallest absolute Gasteiger partial charge is 0.373 e. The molecule has 1 saturated heterocycles. The monoisotopic (exact) mass is 253 g/mol. The van der Waals surface area contributed by atoms with Crippen molar-refractivity contribution in [3.05, 3.63) is 17.3 Å². The van der Waals surface area contributed by atoms with Crippen molar-refractivity contribution in [1.29, 1.82) is 0 Å². The normalized spacial score (nSPS) is 20.3. The molecule has 18 heavy (non-hydrogen) atoms. The van der Waals surface area contributed by atoms with Gasteiger partial charge in [-0.05, 0) is 12.8 Å². The molecule has 2 heterocycles. The summed E-state index contributed by atoms with van der Waals surface area (Å²) in [6, 6.07) is 0. The van der Waals surface area contributed by atoms with Crippen LogP contribution in [0.3, 0.4) is 0 Å². The third-order valence-corrected chi connectivity index (χ3v) is 3.00. The van der Waals surface area contributed by atoms with Gasteiger partial charge in [-0.3, -0.25) is 0 Å². The minimum absolute atomic E-state index is 0.0458. The molecule has 5 heteroatoms. The molecular weight excluding hydrogens is 234 g/mol. The Kier molecular flexibility index (Phi) is 3.43. The van der Waals surface area contributed by atoms with Gasteiger partial charge in [0.15, 0.2) is 5.89 Å². The molecule has 1 aromatic rings. The number of aromatic carboxylic acids is 1. The van der Waals surface area contributed by atoms with Crippen LogP contribution in [0.2, 0.25) is 0 Å². The van der Waals surface area contributed by atoms with Crippen LogP contribution in [0.25, 0.3) is 0 Å². The van der Waals surface area contributed by atoms with Gasteiger partial charge in [-0.15, -0.1) is 0 Å². The van der Waals surface area contributed by atoms with E-state index < -0.39 is 5.97 Å². The van der Waals surface area contributed by atoms with E-state index in [2.05, 4.69) is 4.98 Å². The van der Waals surface area contributed by atoms with Gasteiger partial charge in [-0.2, -0.15) is 0 Å². The zero-order chi connectivity index (χ0) is 13.3. The Morgan fingerprint density at radius 1 is 1.50 bits per heavy atom. The van der Waals surface area contributed by atoms with Crippen molar-refractivity contribution >= 4 is 5.97 Å². The second-order valence-electron chi connectivity index (χ2n) is 5.68. The third-order valence-electron chi connectivity index (χ3n) is 3.00. The van der Waals surface area contributed by atoms with Crippen LogP contribution in [0, 0.1) is 0 Å². The average molecular weight is 253 g/mol. The van der Waals surface area contributed by atoms with E-state index in [9.17, 15) is 4.79 Å². The highest BCUT2D eigenvalue weighted by Gasteiger charge is 2.30. The molecule has 1 aliphatic rings. The summed E-state index contributed by atoms with van der Waals surface area (Å²) in [5.74, 6) is -0.647. The Hall–Kier alpha value is -1.36. The molecule has 0 bridgehead atoms.